The molecule has 3 aromatic carbocycles. The van der Waals surface area contributed by atoms with Crippen LogP contribution in [-0.2, 0) is 25.6 Å². The van der Waals surface area contributed by atoms with Crippen LogP contribution in [0, 0.1) is 5.92 Å². The second-order valence-corrected chi connectivity index (χ2v) is 10.9. The summed E-state index contributed by atoms with van der Waals surface area (Å²) in [6.07, 6.45) is 0.676. The van der Waals surface area contributed by atoms with E-state index in [-0.39, 0.29) is 37.7 Å². The molecule has 3 aromatic rings. The van der Waals surface area contributed by atoms with Gasteiger partial charge in [0, 0.05) is 36.6 Å². The van der Waals surface area contributed by atoms with E-state index in [4.69, 9.17) is 21.9 Å². The monoisotopic (exact) mass is 614 g/mol. The van der Waals surface area contributed by atoms with Crippen molar-refractivity contribution < 1.29 is 29.0 Å². The molecule has 0 saturated carbocycles. The van der Waals surface area contributed by atoms with Gasteiger partial charge in [0.1, 0.15) is 17.5 Å². The van der Waals surface area contributed by atoms with Crippen molar-refractivity contribution in [2.24, 2.45) is 28.1 Å². The van der Waals surface area contributed by atoms with Crippen LogP contribution < -0.4 is 32.6 Å². The van der Waals surface area contributed by atoms with Crippen LogP contribution in [0.1, 0.15) is 41.9 Å². The third kappa shape index (κ3) is 8.89. The number of nitrogens with two attached hydrogens (primary N) is 3. The smallest absolute Gasteiger partial charge is 0.328 e. The average Bonchev–Trinajstić information content (AvgIpc) is 3.03. The third-order valence-electron chi connectivity index (χ3n) is 7.57. The van der Waals surface area contributed by atoms with Crippen LogP contribution in [0.4, 0.5) is 0 Å². The number of para-hydroxylation sites is 2. The molecule has 4 rings (SSSR count). The van der Waals surface area contributed by atoms with Crippen molar-refractivity contribution >= 4 is 29.5 Å². The number of nitrogens with one attached hydrogen (secondary N) is 2. The number of benzene rings is 3. The van der Waals surface area contributed by atoms with Gasteiger partial charge in [0.2, 0.25) is 11.8 Å². The van der Waals surface area contributed by atoms with Gasteiger partial charge in [-0.2, -0.15) is 0 Å². The summed E-state index contributed by atoms with van der Waals surface area (Å²) in [5.74, 6) is -3.47. The van der Waals surface area contributed by atoms with Gasteiger partial charge in [-0.3, -0.25) is 19.4 Å². The maximum atomic E-state index is 13.5. The maximum absolute atomic E-state index is 13.5. The number of Topliss-reactive ketones (excluding diaryl/α,β-unsaturated/α-hetero) is 1. The fourth-order valence-corrected chi connectivity index (χ4v) is 5.23. The first-order chi connectivity index (χ1) is 21.6. The number of guanidine groups is 1. The maximum Gasteiger partial charge on any atom is 0.328 e. The van der Waals surface area contributed by atoms with E-state index in [0.717, 1.165) is 5.56 Å². The van der Waals surface area contributed by atoms with Crippen LogP contribution in [0.5, 0.6) is 11.5 Å². The topological polar surface area (TPSA) is 212 Å². The number of carbonyl (C=O) groups excluding carboxylic acids is 3. The Bertz CT molecular complexity index is 1500. The Labute approximate surface area is 261 Å². The van der Waals surface area contributed by atoms with E-state index < -0.39 is 41.7 Å². The quantitative estimate of drug-likeness (QED) is 0.0835. The minimum atomic E-state index is -1.46. The number of aliphatic carboxylic acids is 1. The van der Waals surface area contributed by atoms with Crippen LogP contribution in [0.25, 0.3) is 0 Å². The van der Waals surface area contributed by atoms with E-state index in [9.17, 15) is 24.3 Å². The third-order valence-corrected chi connectivity index (χ3v) is 7.57. The summed E-state index contributed by atoms with van der Waals surface area (Å²) < 4.78 is 5.95. The summed E-state index contributed by atoms with van der Waals surface area (Å²) in [7, 11) is 0. The van der Waals surface area contributed by atoms with Gasteiger partial charge in [-0.25, -0.2) is 4.79 Å². The first-order valence-corrected chi connectivity index (χ1v) is 14.7. The standard InChI is InChI=1S/C33H38N6O6/c34-24(17-20-9-2-1-3-10-20)26(40)18-21(11-8-16-37-33(35)36)30(41)39-25(32(43)44)19-38-31(42)29-22-12-4-6-14-27(22)45-28-15-7-5-13-23(28)29/h1-7,9-10,12-15,21,24-25,29H,8,11,16-19,34H2,(H,38,42)(H,39,41)(H,43,44)(H4,35,36,37)/t21-,24+,25+/m1/s1. The first-order valence-electron chi connectivity index (χ1n) is 14.7. The predicted molar refractivity (Wildman–Crippen MR) is 169 cm³/mol. The van der Waals surface area contributed by atoms with Gasteiger partial charge in [0.05, 0.1) is 12.0 Å². The lowest BCUT2D eigenvalue weighted by atomic mass is 9.87. The number of carboxylic acids is 1. The number of carboxylic acid groups (broad SMARTS) is 1. The van der Waals surface area contributed by atoms with Gasteiger partial charge in [0.15, 0.2) is 11.7 Å². The molecule has 0 spiro atoms. The molecule has 3 atom stereocenters. The number of hydrogen-bond donors (Lipinski definition) is 6. The molecule has 1 aliphatic rings. The summed E-state index contributed by atoms with van der Waals surface area (Å²) in [5.41, 5.74) is 19.1. The van der Waals surface area contributed by atoms with E-state index >= 15 is 0 Å². The number of ketones is 1. The number of rotatable bonds is 15. The van der Waals surface area contributed by atoms with Crippen molar-refractivity contribution in [3.05, 3.63) is 95.6 Å². The Morgan fingerprint density at radius 1 is 0.889 bits per heavy atom. The van der Waals surface area contributed by atoms with E-state index in [1.165, 1.54) is 0 Å². The molecule has 0 unspecified atom stereocenters. The molecule has 1 heterocycles. The second-order valence-electron chi connectivity index (χ2n) is 10.9. The molecule has 0 aliphatic carbocycles. The second kappa shape index (κ2) is 15.5. The molecule has 0 radical (unpaired) electrons. The minimum absolute atomic E-state index is 0.103. The van der Waals surface area contributed by atoms with Gasteiger partial charge in [0.25, 0.3) is 0 Å². The summed E-state index contributed by atoms with van der Waals surface area (Å²) in [6.45, 7) is -0.160. The van der Waals surface area contributed by atoms with Crippen molar-refractivity contribution in [2.75, 3.05) is 13.1 Å². The number of amides is 2. The molecule has 12 heteroatoms. The SMILES string of the molecule is NC(N)=NCCC[C@H](CC(=O)[C@@H](N)Cc1ccccc1)C(=O)N[C@@H](CNC(=O)C1c2ccccc2Oc2ccccc21)C(=O)O. The number of aliphatic imine (C=N–C) groups is 1. The summed E-state index contributed by atoms with van der Waals surface area (Å²) in [6, 6.07) is 21.2. The predicted octanol–water partition coefficient (Wildman–Crippen LogP) is 1.81. The van der Waals surface area contributed by atoms with Crippen molar-refractivity contribution in [1.82, 2.24) is 10.6 Å². The Morgan fingerprint density at radius 2 is 1.49 bits per heavy atom. The zero-order valence-corrected chi connectivity index (χ0v) is 24.7. The molecular weight excluding hydrogens is 576 g/mol. The summed E-state index contributed by atoms with van der Waals surface area (Å²) >= 11 is 0. The van der Waals surface area contributed by atoms with Gasteiger partial charge >= 0.3 is 5.97 Å². The molecule has 2 amide bonds. The van der Waals surface area contributed by atoms with Crippen LogP contribution in [0.2, 0.25) is 0 Å². The van der Waals surface area contributed by atoms with Crippen molar-refractivity contribution in [1.29, 1.82) is 0 Å². The Kier molecular flexibility index (Phi) is 11.2. The van der Waals surface area contributed by atoms with Gasteiger partial charge in [-0.05, 0) is 37.0 Å². The molecule has 0 fully saturated rings. The molecule has 0 saturated heterocycles. The molecule has 0 bridgehead atoms. The highest BCUT2D eigenvalue weighted by Crippen LogP contribution is 2.43. The van der Waals surface area contributed by atoms with E-state index in [2.05, 4.69) is 15.6 Å². The number of fused-ring (bicyclic) bond motifs is 2. The average molecular weight is 615 g/mol. The first kappa shape index (κ1) is 32.7. The highest BCUT2D eigenvalue weighted by Gasteiger charge is 2.34. The highest BCUT2D eigenvalue weighted by atomic mass is 16.5. The Hall–Kier alpha value is -5.23. The Morgan fingerprint density at radius 3 is 2.09 bits per heavy atom. The number of ether oxygens (including phenoxy) is 1. The van der Waals surface area contributed by atoms with E-state index in [1.54, 1.807) is 48.5 Å². The van der Waals surface area contributed by atoms with E-state index in [1.807, 2.05) is 30.3 Å². The lowest BCUT2D eigenvalue weighted by Crippen LogP contribution is -2.51. The summed E-state index contributed by atoms with van der Waals surface area (Å²) in [5, 5.41) is 15.1. The lowest BCUT2D eigenvalue weighted by molar-refractivity contribution is -0.142. The number of carbonyl (C=O) groups is 4. The van der Waals surface area contributed by atoms with Crippen LogP contribution in [-0.4, -0.2) is 59.8 Å². The number of hydrogen-bond acceptors (Lipinski definition) is 7. The van der Waals surface area contributed by atoms with Crippen molar-refractivity contribution in [2.45, 2.75) is 43.7 Å². The zero-order chi connectivity index (χ0) is 32.3. The Balaban J connectivity index is 1.43. The molecule has 45 heavy (non-hydrogen) atoms. The van der Waals surface area contributed by atoms with E-state index in [0.29, 0.717) is 35.5 Å². The molecule has 236 valence electrons. The fourth-order valence-electron chi connectivity index (χ4n) is 5.23. The molecule has 12 nitrogen and oxygen atoms in total. The highest BCUT2D eigenvalue weighted by molar-refractivity contribution is 5.92. The largest absolute Gasteiger partial charge is 0.480 e. The summed E-state index contributed by atoms with van der Waals surface area (Å²) in [4.78, 5) is 56.1. The van der Waals surface area contributed by atoms with Crippen molar-refractivity contribution in [3.63, 3.8) is 0 Å². The van der Waals surface area contributed by atoms with Crippen LogP contribution in [0.3, 0.4) is 0 Å². The minimum Gasteiger partial charge on any atom is -0.480 e. The van der Waals surface area contributed by atoms with Gasteiger partial charge in [-0.1, -0.05) is 66.7 Å². The lowest BCUT2D eigenvalue weighted by Gasteiger charge is -2.28. The zero-order valence-electron chi connectivity index (χ0n) is 24.7. The molecular formula is C33H38N6O6. The van der Waals surface area contributed by atoms with Crippen LogP contribution >= 0.6 is 0 Å². The molecule has 0 aromatic heterocycles. The van der Waals surface area contributed by atoms with Gasteiger partial charge < -0.3 is 37.7 Å². The molecule has 1 aliphatic heterocycles. The van der Waals surface area contributed by atoms with Crippen molar-refractivity contribution in [3.8, 4) is 11.5 Å². The molecule has 9 N–H and O–H groups in total. The normalized spacial score (nSPS) is 14.0. The van der Waals surface area contributed by atoms with Crippen LogP contribution in [0.15, 0.2) is 83.9 Å². The number of nitrogens with zero attached hydrogens (tertiary/aromatic N) is 1. The fraction of sp³-hybridized carbons (Fsp3) is 0.303. The van der Waals surface area contributed by atoms with Gasteiger partial charge in [-0.15, -0.1) is 0 Å².